The van der Waals surface area contributed by atoms with Crippen molar-refractivity contribution in [3.63, 3.8) is 0 Å². The third kappa shape index (κ3) is 3.71. The van der Waals surface area contributed by atoms with Crippen LogP contribution in [-0.4, -0.2) is 18.2 Å². The van der Waals surface area contributed by atoms with Crippen LogP contribution in [0.15, 0.2) is 9.98 Å². The van der Waals surface area contributed by atoms with Gasteiger partial charge in [-0.1, -0.05) is 20.8 Å². The van der Waals surface area contributed by atoms with Gasteiger partial charge in [0.2, 0.25) is 0 Å². The molecular weight excluding hydrogens is 162 g/mol. The van der Waals surface area contributed by atoms with Gasteiger partial charge in [-0.2, -0.15) is 0 Å². The smallest absolute Gasteiger partial charge is 0.121 e. The molecule has 0 aliphatic rings. The summed E-state index contributed by atoms with van der Waals surface area (Å²) in [5, 5.41) is 0. The molecule has 2 N–H and O–H groups in total. The van der Waals surface area contributed by atoms with Crippen LogP contribution in [0.3, 0.4) is 0 Å². The Balaban J connectivity index is 4.53. The van der Waals surface area contributed by atoms with E-state index in [4.69, 9.17) is 5.73 Å². The summed E-state index contributed by atoms with van der Waals surface area (Å²) in [6.45, 7) is 8.94. The largest absolute Gasteiger partial charge is 0.306 e. The predicted octanol–water partition coefficient (Wildman–Crippen LogP) is 2.29. The second-order valence-electron chi connectivity index (χ2n) is 3.34. The molecule has 0 saturated carbocycles. The summed E-state index contributed by atoms with van der Waals surface area (Å²) in [4.78, 5) is 8.12. The summed E-state index contributed by atoms with van der Waals surface area (Å²) in [6.07, 6.45) is 1.86. The zero-order valence-corrected chi connectivity index (χ0v) is 9.17. The second-order valence-corrected chi connectivity index (χ2v) is 3.34. The lowest BCUT2D eigenvalue weighted by Gasteiger charge is -2.28. The Bertz CT molecular complexity index is 194. The van der Waals surface area contributed by atoms with Crippen LogP contribution >= 0.6 is 0 Å². The first kappa shape index (κ1) is 12.3. The standard InChI is InChI=1S/C10H21N3/c1-5-9(4)10(11,6-2)13-8-12-7-3/h9H,5-7,11H2,1-4H3. The van der Waals surface area contributed by atoms with Crippen LogP contribution in [0, 0.1) is 5.92 Å². The molecular formula is C10H21N3. The van der Waals surface area contributed by atoms with E-state index in [-0.39, 0.29) is 0 Å². The van der Waals surface area contributed by atoms with Gasteiger partial charge in [-0.15, -0.1) is 0 Å². The summed E-state index contributed by atoms with van der Waals surface area (Å²) in [7, 11) is 0. The Kier molecular flexibility index (Phi) is 5.60. The zero-order valence-electron chi connectivity index (χ0n) is 9.17. The van der Waals surface area contributed by atoms with Crippen LogP contribution in [0.4, 0.5) is 0 Å². The topological polar surface area (TPSA) is 50.7 Å². The van der Waals surface area contributed by atoms with Gasteiger partial charge in [-0.3, -0.25) is 0 Å². The second kappa shape index (κ2) is 5.90. The highest BCUT2D eigenvalue weighted by atomic mass is 15.0. The first-order chi connectivity index (χ1) is 6.10. The van der Waals surface area contributed by atoms with Crippen molar-refractivity contribution < 1.29 is 0 Å². The molecule has 76 valence electrons. The Morgan fingerprint density at radius 1 is 1.38 bits per heavy atom. The molecule has 3 nitrogen and oxygen atoms in total. The molecule has 0 aliphatic carbocycles. The summed E-state index contributed by atoms with van der Waals surface area (Å²) in [6, 6.07) is 2.67. The molecule has 0 fully saturated rings. The van der Waals surface area contributed by atoms with Crippen LogP contribution in [0.25, 0.3) is 0 Å². The highest BCUT2D eigenvalue weighted by Gasteiger charge is 2.27. The molecule has 0 radical (unpaired) electrons. The molecule has 0 aromatic carbocycles. The fraction of sp³-hybridized carbons (Fsp3) is 0.900. The highest BCUT2D eigenvalue weighted by Crippen LogP contribution is 2.21. The minimum atomic E-state index is -0.479. The van der Waals surface area contributed by atoms with Crippen molar-refractivity contribution in [2.75, 3.05) is 6.54 Å². The molecule has 0 bridgehead atoms. The van der Waals surface area contributed by atoms with Gasteiger partial charge in [0.25, 0.3) is 0 Å². The van der Waals surface area contributed by atoms with Crippen molar-refractivity contribution in [1.29, 1.82) is 0 Å². The highest BCUT2D eigenvalue weighted by molar-refractivity contribution is 5.42. The number of nitrogens with zero attached hydrogens (tertiary/aromatic N) is 2. The number of hydrogen-bond donors (Lipinski definition) is 1. The SMILES string of the molecule is CCN=C=NC(N)(CC)C(C)CC. The Labute approximate surface area is 81.2 Å². The van der Waals surface area contributed by atoms with E-state index in [2.05, 4.69) is 29.8 Å². The van der Waals surface area contributed by atoms with Crippen LogP contribution in [0.5, 0.6) is 0 Å². The third-order valence-corrected chi connectivity index (χ3v) is 2.52. The van der Waals surface area contributed by atoms with Crippen molar-refractivity contribution in [3.8, 4) is 0 Å². The lowest BCUT2D eigenvalue weighted by atomic mass is 9.91. The molecule has 2 atom stereocenters. The van der Waals surface area contributed by atoms with E-state index in [1.807, 2.05) is 13.8 Å². The minimum Gasteiger partial charge on any atom is -0.306 e. The van der Waals surface area contributed by atoms with Gasteiger partial charge in [-0.25, -0.2) is 9.98 Å². The van der Waals surface area contributed by atoms with Gasteiger partial charge in [0.05, 0.1) is 6.01 Å². The minimum absolute atomic E-state index is 0.372. The fourth-order valence-corrected chi connectivity index (χ4v) is 1.09. The summed E-state index contributed by atoms with van der Waals surface area (Å²) < 4.78 is 0. The first-order valence-electron chi connectivity index (χ1n) is 5.02. The van der Waals surface area contributed by atoms with Gasteiger partial charge < -0.3 is 5.73 Å². The monoisotopic (exact) mass is 183 g/mol. The van der Waals surface area contributed by atoms with E-state index in [0.29, 0.717) is 12.5 Å². The molecule has 0 aromatic heterocycles. The van der Waals surface area contributed by atoms with Gasteiger partial charge in [-0.05, 0) is 25.7 Å². The molecule has 0 heterocycles. The Morgan fingerprint density at radius 2 is 2.00 bits per heavy atom. The number of aliphatic imine (C=N–C) groups is 2. The average molecular weight is 183 g/mol. The molecule has 0 saturated heterocycles. The van der Waals surface area contributed by atoms with E-state index in [9.17, 15) is 0 Å². The van der Waals surface area contributed by atoms with Crippen molar-refractivity contribution in [2.45, 2.75) is 46.2 Å². The van der Waals surface area contributed by atoms with Gasteiger partial charge in [0.1, 0.15) is 5.66 Å². The maximum atomic E-state index is 6.10. The molecule has 13 heavy (non-hydrogen) atoms. The lowest BCUT2D eigenvalue weighted by Crippen LogP contribution is -2.43. The zero-order chi connectivity index (χ0) is 10.3. The maximum absolute atomic E-state index is 6.10. The number of hydrogen-bond acceptors (Lipinski definition) is 3. The Hall–Kier alpha value is -0.660. The summed E-state index contributed by atoms with van der Waals surface area (Å²) in [5.74, 6) is 0.372. The fourth-order valence-electron chi connectivity index (χ4n) is 1.09. The maximum Gasteiger partial charge on any atom is 0.121 e. The van der Waals surface area contributed by atoms with Gasteiger partial charge in [0.15, 0.2) is 0 Å². The molecule has 0 rings (SSSR count). The first-order valence-corrected chi connectivity index (χ1v) is 5.02. The van der Waals surface area contributed by atoms with Crippen molar-refractivity contribution in [2.24, 2.45) is 21.6 Å². The van der Waals surface area contributed by atoms with E-state index < -0.39 is 5.66 Å². The van der Waals surface area contributed by atoms with Crippen molar-refractivity contribution in [1.82, 2.24) is 0 Å². The van der Waals surface area contributed by atoms with Crippen LogP contribution < -0.4 is 5.73 Å². The normalized spacial score (nSPS) is 17.0. The van der Waals surface area contributed by atoms with Crippen LogP contribution in [-0.2, 0) is 0 Å². The molecule has 0 amide bonds. The number of nitrogens with two attached hydrogens (primary N) is 1. The van der Waals surface area contributed by atoms with E-state index in [1.54, 1.807) is 0 Å². The summed E-state index contributed by atoms with van der Waals surface area (Å²) >= 11 is 0. The number of rotatable bonds is 5. The molecule has 0 aliphatic heterocycles. The molecule has 0 spiro atoms. The molecule has 2 unspecified atom stereocenters. The van der Waals surface area contributed by atoms with Gasteiger partial charge >= 0.3 is 0 Å². The van der Waals surface area contributed by atoms with Crippen LogP contribution in [0.2, 0.25) is 0 Å². The third-order valence-electron chi connectivity index (χ3n) is 2.52. The molecule has 0 aromatic rings. The van der Waals surface area contributed by atoms with Crippen molar-refractivity contribution >= 4 is 6.01 Å². The van der Waals surface area contributed by atoms with E-state index >= 15 is 0 Å². The molecule has 3 heteroatoms. The van der Waals surface area contributed by atoms with Crippen molar-refractivity contribution in [3.05, 3.63) is 0 Å². The Morgan fingerprint density at radius 3 is 2.38 bits per heavy atom. The van der Waals surface area contributed by atoms with E-state index in [1.165, 1.54) is 0 Å². The average Bonchev–Trinajstić information content (AvgIpc) is 2.16. The van der Waals surface area contributed by atoms with E-state index in [0.717, 1.165) is 12.8 Å². The summed E-state index contributed by atoms with van der Waals surface area (Å²) in [5.41, 5.74) is 5.62. The lowest BCUT2D eigenvalue weighted by molar-refractivity contribution is 0.286. The quantitative estimate of drug-likeness (QED) is 0.653. The van der Waals surface area contributed by atoms with Gasteiger partial charge in [0, 0.05) is 6.54 Å². The van der Waals surface area contributed by atoms with Crippen LogP contribution in [0.1, 0.15) is 40.5 Å². The predicted molar refractivity (Wildman–Crippen MR) is 57.1 cm³/mol.